The number of hydrogen-bond acceptors (Lipinski definition) is 7. The second kappa shape index (κ2) is 5.78. The summed E-state index contributed by atoms with van der Waals surface area (Å²) in [5.41, 5.74) is 6.05. The Morgan fingerprint density at radius 2 is 2.53 bits per heavy atom. The summed E-state index contributed by atoms with van der Waals surface area (Å²) in [4.78, 5) is 8.51. The number of amidine groups is 1. The van der Waals surface area contributed by atoms with Crippen LogP contribution in [-0.4, -0.2) is 45.0 Å². The third kappa shape index (κ3) is 3.28. The number of hydroxylamine groups is 1. The molecule has 6 N–H and O–H groups in total. The lowest BCUT2D eigenvalue weighted by atomic mass is 10.1. The molecule has 104 valence electrons. The number of aryl methyl sites for hydroxylation is 1. The maximum absolute atomic E-state index is 10.1. The van der Waals surface area contributed by atoms with Crippen LogP contribution in [0.4, 0.5) is 0 Å². The zero-order valence-corrected chi connectivity index (χ0v) is 10.3. The molecule has 0 spiro atoms. The van der Waals surface area contributed by atoms with Crippen LogP contribution >= 0.6 is 0 Å². The smallest absolute Gasteiger partial charge is 0.212 e. The van der Waals surface area contributed by atoms with Gasteiger partial charge in [-0.2, -0.15) is 0 Å². The molecule has 1 aliphatic rings. The molecule has 0 saturated carbocycles. The molecule has 2 rings (SSSR count). The van der Waals surface area contributed by atoms with Gasteiger partial charge in [-0.1, -0.05) is 10.6 Å². The number of nitrogens with one attached hydrogen (secondary N) is 3. The molecule has 0 saturated heterocycles. The fourth-order valence-corrected chi connectivity index (χ4v) is 1.73. The lowest BCUT2D eigenvalue weighted by Gasteiger charge is -2.21. The Hall–Kier alpha value is -1.97. The summed E-state index contributed by atoms with van der Waals surface area (Å²) in [6.07, 6.45) is 6.24. The van der Waals surface area contributed by atoms with Crippen molar-refractivity contribution in [2.24, 2.45) is 10.9 Å². The Balaban J connectivity index is 1.70. The Kier molecular flexibility index (Phi) is 4.10. The quantitative estimate of drug-likeness (QED) is 0.229. The summed E-state index contributed by atoms with van der Waals surface area (Å²) in [5, 5.41) is 24.0. The monoisotopic (exact) mass is 267 g/mol. The summed E-state index contributed by atoms with van der Waals surface area (Å²) in [7, 11) is 0. The molecule has 0 aliphatic carbocycles. The molecule has 1 aliphatic heterocycles. The minimum absolute atomic E-state index is 0.0189. The maximum atomic E-state index is 10.1. The van der Waals surface area contributed by atoms with Crippen molar-refractivity contribution in [1.29, 1.82) is 5.41 Å². The normalized spacial score (nSPS) is 22.1. The van der Waals surface area contributed by atoms with Crippen LogP contribution in [0.15, 0.2) is 23.9 Å². The predicted molar refractivity (Wildman–Crippen MR) is 68.2 cm³/mol. The van der Waals surface area contributed by atoms with Crippen molar-refractivity contribution in [3.63, 3.8) is 0 Å². The summed E-state index contributed by atoms with van der Waals surface area (Å²) in [6.45, 7) is 1.67. The fourth-order valence-electron chi connectivity index (χ4n) is 1.73. The van der Waals surface area contributed by atoms with Gasteiger partial charge < -0.3 is 20.7 Å². The van der Waals surface area contributed by atoms with E-state index < -0.39 is 5.72 Å². The van der Waals surface area contributed by atoms with Gasteiger partial charge >= 0.3 is 0 Å². The second-order valence-electron chi connectivity index (χ2n) is 4.24. The lowest BCUT2D eigenvalue weighted by molar-refractivity contribution is -0.0566. The van der Waals surface area contributed by atoms with Crippen molar-refractivity contribution in [3.05, 3.63) is 18.7 Å². The van der Waals surface area contributed by atoms with E-state index in [4.69, 9.17) is 11.1 Å². The topological polar surface area (TPSA) is 134 Å². The first-order valence-electron chi connectivity index (χ1n) is 5.87. The first-order chi connectivity index (χ1) is 9.12. The van der Waals surface area contributed by atoms with Gasteiger partial charge in [-0.05, 0) is 13.0 Å². The van der Waals surface area contributed by atoms with Crippen LogP contribution in [0.5, 0.6) is 0 Å². The van der Waals surface area contributed by atoms with Crippen LogP contribution in [0.25, 0.3) is 0 Å². The average Bonchev–Trinajstić information content (AvgIpc) is 2.98. The van der Waals surface area contributed by atoms with Crippen molar-refractivity contribution < 1.29 is 10.0 Å². The van der Waals surface area contributed by atoms with Crippen molar-refractivity contribution in [3.8, 4) is 0 Å². The Bertz CT molecular complexity index is 458. The number of aromatic nitrogens is 2. The third-order valence-corrected chi connectivity index (χ3v) is 2.71. The summed E-state index contributed by atoms with van der Waals surface area (Å²) in [6, 6.07) is 0. The minimum Gasteiger partial charge on any atom is -0.382 e. The highest BCUT2D eigenvalue weighted by Crippen LogP contribution is 2.09. The molecule has 0 radical (unpaired) electrons. The molecule has 0 bridgehead atoms. The second-order valence-corrected chi connectivity index (χ2v) is 4.24. The van der Waals surface area contributed by atoms with E-state index in [0.29, 0.717) is 6.54 Å². The molecule has 0 amide bonds. The molecule has 0 aromatic carbocycles. The minimum atomic E-state index is -1.55. The molecule has 1 unspecified atom stereocenters. The molecule has 9 nitrogen and oxygen atoms in total. The number of nitrogens with two attached hydrogens (primary N) is 1. The number of imidazole rings is 1. The summed E-state index contributed by atoms with van der Waals surface area (Å²) >= 11 is 0. The average molecular weight is 267 g/mol. The van der Waals surface area contributed by atoms with Gasteiger partial charge in [0, 0.05) is 25.5 Å². The molecule has 2 heterocycles. The molecule has 19 heavy (non-hydrogen) atoms. The van der Waals surface area contributed by atoms with Gasteiger partial charge in [0.25, 0.3) is 0 Å². The summed E-state index contributed by atoms with van der Waals surface area (Å²) < 4.78 is 1.97. The highest BCUT2D eigenvalue weighted by atomic mass is 16.8. The van der Waals surface area contributed by atoms with Gasteiger partial charge in [0.15, 0.2) is 5.71 Å². The van der Waals surface area contributed by atoms with E-state index >= 15 is 0 Å². The van der Waals surface area contributed by atoms with Crippen LogP contribution in [-0.2, 0) is 11.5 Å². The Labute approximate surface area is 109 Å². The van der Waals surface area contributed by atoms with Gasteiger partial charge in [0.05, 0.1) is 6.33 Å². The largest absolute Gasteiger partial charge is 0.382 e. The first-order valence-corrected chi connectivity index (χ1v) is 5.87. The Morgan fingerprint density at radius 1 is 1.68 bits per heavy atom. The van der Waals surface area contributed by atoms with Crippen molar-refractivity contribution in [2.45, 2.75) is 18.7 Å². The third-order valence-electron chi connectivity index (χ3n) is 2.71. The molecule has 9 heteroatoms. The van der Waals surface area contributed by atoms with Gasteiger partial charge in [-0.15, -0.1) is 0 Å². The fraction of sp³-hybridized carbons (Fsp3) is 0.500. The zero-order valence-electron chi connectivity index (χ0n) is 10.3. The van der Waals surface area contributed by atoms with Crippen LogP contribution < -0.4 is 16.5 Å². The van der Waals surface area contributed by atoms with Crippen LogP contribution in [0, 0.1) is 5.41 Å². The van der Waals surface area contributed by atoms with E-state index in [1.807, 2.05) is 10.8 Å². The van der Waals surface area contributed by atoms with Crippen molar-refractivity contribution >= 4 is 11.5 Å². The molecular formula is C10H17N7O2. The van der Waals surface area contributed by atoms with Crippen LogP contribution in [0.3, 0.4) is 0 Å². The van der Waals surface area contributed by atoms with Gasteiger partial charge in [0.1, 0.15) is 5.84 Å². The number of nitrogens with zero attached hydrogens (tertiary/aromatic N) is 3. The SMILES string of the molecule is N=C(N)C1=NONC1(O)CNCCCn1ccnc1. The molecule has 1 aromatic heterocycles. The van der Waals surface area contributed by atoms with Crippen molar-refractivity contribution in [2.75, 3.05) is 13.1 Å². The molecule has 0 fully saturated rings. The number of rotatable bonds is 7. The van der Waals surface area contributed by atoms with E-state index in [-0.39, 0.29) is 18.1 Å². The zero-order chi connectivity index (χ0) is 13.7. The lowest BCUT2D eigenvalue weighted by Crippen LogP contribution is -2.57. The van der Waals surface area contributed by atoms with Gasteiger partial charge in [0.2, 0.25) is 5.72 Å². The van der Waals surface area contributed by atoms with Crippen LogP contribution in [0.1, 0.15) is 6.42 Å². The molecular weight excluding hydrogens is 250 g/mol. The highest BCUT2D eigenvalue weighted by Gasteiger charge is 2.40. The van der Waals surface area contributed by atoms with Gasteiger partial charge in [-0.3, -0.25) is 10.3 Å². The summed E-state index contributed by atoms with van der Waals surface area (Å²) in [5.74, 6) is -0.326. The van der Waals surface area contributed by atoms with E-state index in [1.165, 1.54) is 0 Å². The number of oxime groups is 1. The maximum Gasteiger partial charge on any atom is 0.212 e. The Morgan fingerprint density at radius 3 is 3.21 bits per heavy atom. The van der Waals surface area contributed by atoms with Crippen LogP contribution in [0.2, 0.25) is 0 Å². The van der Waals surface area contributed by atoms with E-state index in [0.717, 1.165) is 13.0 Å². The number of hydrogen-bond donors (Lipinski definition) is 5. The molecule has 1 aromatic rings. The predicted octanol–water partition coefficient (Wildman–Crippen LogP) is -1.62. The highest BCUT2D eigenvalue weighted by molar-refractivity contribution is 6.42. The van der Waals surface area contributed by atoms with Gasteiger partial charge in [-0.25, -0.2) is 4.98 Å². The number of aliphatic hydroxyl groups is 1. The standard InChI is InChI=1S/C10H17N7O2/c11-9(12)8-10(18,16-19-15-8)6-13-2-1-4-17-5-3-14-7-17/h3,5,7,13,16,18H,1-2,4,6H2,(H3,11,12). The van der Waals surface area contributed by atoms with Crippen molar-refractivity contribution in [1.82, 2.24) is 20.3 Å². The van der Waals surface area contributed by atoms with E-state index in [9.17, 15) is 5.11 Å². The first kappa shape index (κ1) is 13.5. The van der Waals surface area contributed by atoms with E-state index in [2.05, 4.69) is 25.9 Å². The van der Waals surface area contributed by atoms with E-state index in [1.54, 1.807) is 12.5 Å². The molecule has 1 atom stereocenters.